The summed E-state index contributed by atoms with van der Waals surface area (Å²) in [5.74, 6) is 0.858. The molecule has 3 rings (SSSR count). The van der Waals surface area contributed by atoms with E-state index in [1.54, 1.807) is 0 Å². The molecule has 0 unspecified atom stereocenters. The lowest BCUT2D eigenvalue weighted by molar-refractivity contribution is -0.115. The Morgan fingerprint density at radius 1 is 1.10 bits per heavy atom. The molecule has 2 N–H and O–H groups in total. The zero-order chi connectivity index (χ0) is 14.5. The maximum absolute atomic E-state index is 11.8. The molecule has 1 aromatic rings. The summed E-state index contributed by atoms with van der Waals surface area (Å²) < 4.78 is 0. The number of amides is 1. The summed E-state index contributed by atoms with van der Waals surface area (Å²) in [6.07, 6.45) is 8.06. The number of anilines is 1. The summed E-state index contributed by atoms with van der Waals surface area (Å²) >= 11 is 1.98. The number of hydrogen-bond donors (Lipinski definition) is 2. The quantitative estimate of drug-likeness (QED) is 0.808. The molecule has 0 aliphatic heterocycles. The monoisotopic (exact) mass is 304 g/mol. The number of nitrogens with one attached hydrogen (secondary N) is 2. The molecule has 1 amide bonds. The van der Waals surface area contributed by atoms with Gasteiger partial charge in [-0.2, -0.15) is 0 Å². The normalized spacial score (nSPS) is 18.9. The molecule has 2 aliphatic carbocycles. The Hall–Kier alpha value is -1.00. The van der Waals surface area contributed by atoms with E-state index in [0.717, 1.165) is 23.4 Å². The zero-order valence-corrected chi connectivity index (χ0v) is 13.3. The van der Waals surface area contributed by atoms with Gasteiger partial charge in [0.05, 0.1) is 6.54 Å². The third-order valence-corrected chi connectivity index (χ3v) is 5.51. The summed E-state index contributed by atoms with van der Waals surface area (Å²) in [5.41, 5.74) is 0.893. The van der Waals surface area contributed by atoms with Crippen LogP contribution in [0.1, 0.15) is 38.5 Å². The Kier molecular flexibility index (Phi) is 5.20. The van der Waals surface area contributed by atoms with Gasteiger partial charge in [0, 0.05) is 15.8 Å². The van der Waals surface area contributed by atoms with Gasteiger partial charge in [0.25, 0.3) is 0 Å². The molecule has 0 bridgehead atoms. The lowest BCUT2D eigenvalue weighted by Crippen LogP contribution is -2.29. The number of carbonyl (C=O) groups is 1. The number of thioether (sulfide) groups is 1. The SMILES string of the molecule is O=C(CNCC1CC1)Nc1ccc(SC2CCCC2)cc1. The van der Waals surface area contributed by atoms with Gasteiger partial charge in [0.1, 0.15) is 0 Å². The first-order valence-corrected chi connectivity index (χ1v) is 8.95. The summed E-state index contributed by atoms with van der Waals surface area (Å²) in [6, 6.07) is 8.26. The van der Waals surface area contributed by atoms with Crippen molar-refractivity contribution in [1.82, 2.24) is 5.32 Å². The maximum Gasteiger partial charge on any atom is 0.238 e. The molecule has 0 spiro atoms. The lowest BCUT2D eigenvalue weighted by atomic mass is 10.3. The Morgan fingerprint density at radius 3 is 2.48 bits per heavy atom. The molecule has 114 valence electrons. The van der Waals surface area contributed by atoms with Crippen LogP contribution in [0.25, 0.3) is 0 Å². The number of benzene rings is 1. The van der Waals surface area contributed by atoms with E-state index in [1.807, 2.05) is 23.9 Å². The van der Waals surface area contributed by atoms with E-state index in [1.165, 1.54) is 43.4 Å². The van der Waals surface area contributed by atoms with Crippen molar-refractivity contribution in [2.24, 2.45) is 5.92 Å². The molecular formula is C17H24N2OS. The fraction of sp³-hybridized carbons (Fsp3) is 0.588. The third-order valence-electron chi connectivity index (χ3n) is 4.16. The molecule has 0 heterocycles. The molecule has 2 fully saturated rings. The second-order valence-electron chi connectivity index (χ2n) is 6.17. The Balaban J connectivity index is 1.41. The van der Waals surface area contributed by atoms with Crippen molar-refractivity contribution in [3.05, 3.63) is 24.3 Å². The predicted octanol–water partition coefficient (Wildman–Crippen LogP) is 3.66. The van der Waals surface area contributed by atoms with Gasteiger partial charge in [-0.1, -0.05) is 12.8 Å². The van der Waals surface area contributed by atoms with Crippen molar-refractivity contribution in [1.29, 1.82) is 0 Å². The van der Waals surface area contributed by atoms with Crippen molar-refractivity contribution in [3.8, 4) is 0 Å². The molecule has 2 aliphatic rings. The molecule has 0 saturated heterocycles. The second kappa shape index (κ2) is 7.32. The number of carbonyl (C=O) groups excluding carboxylic acids is 1. The van der Waals surface area contributed by atoms with Gasteiger partial charge in [0.2, 0.25) is 5.91 Å². The van der Waals surface area contributed by atoms with E-state index in [9.17, 15) is 4.79 Å². The van der Waals surface area contributed by atoms with Crippen LogP contribution >= 0.6 is 11.8 Å². The third kappa shape index (κ3) is 5.04. The highest BCUT2D eigenvalue weighted by Crippen LogP contribution is 2.34. The van der Waals surface area contributed by atoms with Gasteiger partial charge in [-0.3, -0.25) is 4.79 Å². The van der Waals surface area contributed by atoms with E-state index >= 15 is 0 Å². The van der Waals surface area contributed by atoms with Crippen LogP contribution in [0.15, 0.2) is 29.2 Å². The van der Waals surface area contributed by atoms with Crippen LogP contribution in [0.4, 0.5) is 5.69 Å². The number of hydrogen-bond acceptors (Lipinski definition) is 3. The molecule has 3 nitrogen and oxygen atoms in total. The Bertz CT molecular complexity index is 464. The van der Waals surface area contributed by atoms with Crippen molar-refractivity contribution < 1.29 is 4.79 Å². The smallest absolute Gasteiger partial charge is 0.238 e. The molecule has 0 aromatic heterocycles. The van der Waals surface area contributed by atoms with Crippen LogP contribution in [0.2, 0.25) is 0 Å². The van der Waals surface area contributed by atoms with Gasteiger partial charge in [-0.05, 0) is 62.4 Å². The first-order chi connectivity index (χ1) is 10.3. The summed E-state index contributed by atoms with van der Waals surface area (Å²) in [7, 11) is 0. The van der Waals surface area contributed by atoms with Crippen molar-refractivity contribution >= 4 is 23.4 Å². The first kappa shape index (κ1) is 14.9. The maximum atomic E-state index is 11.8. The zero-order valence-electron chi connectivity index (χ0n) is 12.4. The second-order valence-corrected chi connectivity index (χ2v) is 7.54. The highest BCUT2D eigenvalue weighted by Gasteiger charge is 2.20. The molecule has 21 heavy (non-hydrogen) atoms. The topological polar surface area (TPSA) is 41.1 Å². The lowest BCUT2D eigenvalue weighted by Gasteiger charge is -2.10. The van der Waals surface area contributed by atoms with Crippen LogP contribution in [-0.4, -0.2) is 24.2 Å². The number of rotatable bonds is 7. The largest absolute Gasteiger partial charge is 0.325 e. The van der Waals surface area contributed by atoms with Crippen LogP contribution in [0, 0.1) is 5.92 Å². The highest BCUT2D eigenvalue weighted by molar-refractivity contribution is 8.00. The molecule has 0 atom stereocenters. The molecular weight excluding hydrogens is 280 g/mol. The average molecular weight is 304 g/mol. The minimum atomic E-state index is 0.0480. The minimum Gasteiger partial charge on any atom is -0.325 e. The molecule has 1 aromatic carbocycles. The predicted molar refractivity (Wildman–Crippen MR) is 88.8 cm³/mol. The van der Waals surface area contributed by atoms with Gasteiger partial charge in [-0.25, -0.2) is 0 Å². The van der Waals surface area contributed by atoms with Crippen molar-refractivity contribution in [2.45, 2.75) is 48.7 Å². The van der Waals surface area contributed by atoms with Crippen LogP contribution < -0.4 is 10.6 Å². The molecule has 0 radical (unpaired) electrons. The van der Waals surface area contributed by atoms with E-state index in [2.05, 4.69) is 22.8 Å². The van der Waals surface area contributed by atoms with Gasteiger partial charge in [-0.15, -0.1) is 11.8 Å². The van der Waals surface area contributed by atoms with E-state index in [4.69, 9.17) is 0 Å². The van der Waals surface area contributed by atoms with E-state index in [-0.39, 0.29) is 5.91 Å². The fourth-order valence-corrected chi connectivity index (χ4v) is 3.98. The van der Waals surface area contributed by atoms with Crippen LogP contribution in [0.5, 0.6) is 0 Å². The van der Waals surface area contributed by atoms with E-state index < -0.39 is 0 Å². The van der Waals surface area contributed by atoms with Crippen molar-refractivity contribution in [3.63, 3.8) is 0 Å². The summed E-state index contributed by atoms with van der Waals surface area (Å²) in [5, 5.41) is 6.95. The molecule has 4 heteroatoms. The fourth-order valence-electron chi connectivity index (χ4n) is 2.73. The van der Waals surface area contributed by atoms with Crippen LogP contribution in [0.3, 0.4) is 0 Å². The summed E-state index contributed by atoms with van der Waals surface area (Å²) in [4.78, 5) is 13.1. The minimum absolute atomic E-state index is 0.0480. The van der Waals surface area contributed by atoms with Gasteiger partial charge >= 0.3 is 0 Å². The average Bonchev–Trinajstić information content (AvgIpc) is 3.16. The van der Waals surface area contributed by atoms with Crippen LogP contribution in [-0.2, 0) is 4.79 Å². The standard InChI is InChI=1S/C17H24N2OS/c20-17(12-18-11-13-5-6-13)19-14-7-9-16(10-8-14)21-15-3-1-2-4-15/h7-10,13,15,18H,1-6,11-12H2,(H,19,20). The Labute approximate surface area is 131 Å². The first-order valence-electron chi connectivity index (χ1n) is 8.07. The highest BCUT2D eigenvalue weighted by atomic mass is 32.2. The van der Waals surface area contributed by atoms with Crippen molar-refractivity contribution in [2.75, 3.05) is 18.4 Å². The summed E-state index contributed by atoms with van der Waals surface area (Å²) in [6.45, 7) is 1.39. The molecule has 2 saturated carbocycles. The Morgan fingerprint density at radius 2 is 1.81 bits per heavy atom. The van der Waals surface area contributed by atoms with Gasteiger partial charge in [0.15, 0.2) is 0 Å². The van der Waals surface area contributed by atoms with Gasteiger partial charge < -0.3 is 10.6 Å². The van der Waals surface area contributed by atoms with E-state index in [0.29, 0.717) is 6.54 Å².